The SMILES string of the molecule is CC(C(=O)O)c1cncc(Br)c1. The average molecular weight is 230 g/mol. The van der Waals surface area contributed by atoms with E-state index < -0.39 is 11.9 Å². The number of nitrogens with zero attached hydrogens (tertiary/aromatic N) is 1. The summed E-state index contributed by atoms with van der Waals surface area (Å²) in [7, 11) is 0. The van der Waals surface area contributed by atoms with E-state index in [9.17, 15) is 4.79 Å². The Labute approximate surface area is 78.6 Å². The monoisotopic (exact) mass is 229 g/mol. The first-order valence-corrected chi connectivity index (χ1v) is 4.24. The molecule has 1 heterocycles. The third-order valence-electron chi connectivity index (χ3n) is 1.60. The Kier molecular flexibility index (Phi) is 2.81. The van der Waals surface area contributed by atoms with Crippen molar-refractivity contribution in [3.8, 4) is 0 Å². The molecule has 12 heavy (non-hydrogen) atoms. The lowest BCUT2D eigenvalue weighted by molar-refractivity contribution is -0.138. The van der Waals surface area contributed by atoms with Gasteiger partial charge in [0.15, 0.2) is 0 Å². The Morgan fingerprint density at radius 3 is 2.83 bits per heavy atom. The largest absolute Gasteiger partial charge is 0.481 e. The number of pyridine rings is 1. The Morgan fingerprint density at radius 2 is 2.33 bits per heavy atom. The van der Waals surface area contributed by atoms with Gasteiger partial charge in [0.1, 0.15) is 0 Å². The standard InChI is InChI=1S/C8H8BrNO2/c1-5(8(11)12)6-2-7(9)4-10-3-6/h2-5H,1H3,(H,11,12). The topological polar surface area (TPSA) is 50.2 Å². The summed E-state index contributed by atoms with van der Waals surface area (Å²) in [6.45, 7) is 1.63. The van der Waals surface area contributed by atoms with Gasteiger partial charge in [-0.1, -0.05) is 0 Å². The molecule has 0 aliphatic heterocycles. The third-order valence-corrected chi connectivity index (χ3v) is 2.03. The summed E-state index contributed by atoms with van der Waals surface area (Å²) in [4.78, 5) is 14.4. The highest BCUT2D eigenvalue weighted by Crippen LogP contribution is 2.17. The molecule has 0 aromatic carbocycles. The second kappa shape index (κ2) is 3.67. The van der Waals surface area contributed by atoms with Crippen LogP contribution >= 0.6 is 15.9 Å². The zero-order valence-corrected chi connectivity index (χ0v) is 8.08. The van der Waals surface area contributed by atoms with Gasteiger partial charge in [0.2, 0.25) is 0 Å². The van der Waals surface area contributed by atoms with Crippen molar-refractivity contribution in [1.29, 1.82) is 0 Å². The third kappa shape index (κ3) is 2.04. The van der Waals surface area contributed by atoms with Crippen LogP contribution in [-0.2, 0) is 4.79 Å². The van der Waals surface area contributed by atoms with Crippen LogP contribution < -0.4 is 0 Å². The Balaban J connectivity index is 2.95. The van der Waals surface area contributed by atoms with Gasteiger partial charge in [0, 0.05) is 16.9 Å². The summed E-state index contributed by atoms with van der Waals surface area (Å²) in [5.41, 5.74) is 0.705. The summed E-state index contributed by atoms with van der Waals surface area (Å²) in [5, 5.41) is 8.68. The smallest absolute Gasteiger partial charge is 0.310 e. The van der Waals surface area contributed by atoms with Crippen LogP contribution in [0.5, 0.6) is 0 Å². The number of halogens is 1. The van der Waals surface area contributed by atoms with Crippen molar-refractivity contribution in [3.05, 3.63) is 28.5 Å². The number of carbonyl (C=O) groups is 1. The molecule has 3 nitrogen and oxygen atoms in total. The molecule has 0 fully saturated rings. The van der Waals surface area contributed by atoms with Crippen LogP contribution in [0.25, 0.3) is 0 Å². The van der Waals surface area contributed by atoms with Crippen LogP contribution in [0.15, 0.2) is 22.9 Å². The molecule has 1 unspecified atom stereocenters. The Hall–Kier alpha value is -0.900. The summed E-state index contributed by atoms with van der Waals surface area (Å²) < 4.78 is 0.799. The van der Waals surface area contributed by atoms with Crippen LogP contribution in [0.4, 0.5) is 0 Å². The van der Waals surface area contributed by atoms with E-state index in [4.69, 9.17) is 5.11 Å². The quantitative estimate of drug-likeness (QED) is 0.845. The van der Waals surface area contributed by atoms with E-state index in [1.165, 1.54) is 0 Å². The number of aromatic nitrogens is 1. The fourth-order valence-electron chi connectivity index (χ4n) is 0.808. The van der Waals surface area contributed by atoms with E-state index in [1.807, 2.05) is 0 Å². The number of hydrogen-bond acceptors (Lipinski definition) is 2. The van der Waals surface area contributed by atoms with Crippen LogP contribution in [0.3, 0.4) is 0 Å². The lowest BCUT2D eigenvalue weighted by Gasteiger charge is -2.04. The molecule has 1 rings (SSSR count). The Bertz CT molecular complexity index is 301. The first kappa shape index (κ1) is 9.19. The van der Waals surface area contributed by atoms with Crippen LogP contribution in [-0.4, -0.2) is 16.1 Å². The second-order valence-corrected chi connectivity index (χ2v) is 3.41. The van der Waals surface area contributed by atoms with E-state index in [0.29, 0.717) is 5.56 Å². The van der Waals surface area contributed by atoms with Gasteiger partial charge in [0.25, 0.3) is 0 Å². The highest BCUT2D eigenvalue weighted by atomic mass is 79.9. The van der Waals surface area contributed by atoms with E-state index in [-0.39, 0.29) is 0 Å². The maximum absolute atomic E-state index is 10.6. The summed E-state index contributed by atoms with van der Waals surface area (Å²) >= 11 is 3.22. The molecule has 0 saturated heterocycles. The molecule has 1 aromatic heterocycles. The number of rotatable bonds is 2. The van der Waals surface area contributed by atoms with Gasteiger partial charge >= 0.3 is 5.97 Å². The molecule has 1 atom stereocenters. The number of carboxylic acid groups (broad SMARTS) is 1. The molecule has 0 bridgehead atoms. The predicted octanol–water partition coefficient (Wildman–Crippen LogP) is 2.03. The average Bonchev–Trinajstić information content (AvgIpc) is 2.03. The summed E-state index contributed by atoms with van der Waals surface area (Å²) in [6, 6.07) is 1.76. The van der Waals surface area contributed by atoms with Gasteiger partial charge in [-0.3, -0.25) is 9.78 Å². The minimum absolute atomic E-state index is 0.505. The van der Waals surface area contributed by atoms with Crippen LogP contribution in [0.1, 0.15) is 18.4 Å². The van der Waals surface area contributed by atoms with Gasteiger partial charge in [-0.25, -0.2) is 0 Å². The molecule has 1 N–H and O–H groups in total. The minimum Gasteiger partial charge on any atom is -0.481 e. The molecule has 1 aromatic rings. The first-order chi connectivity index (χ1) is 5.61. The molecule has 0 saturated carbocycles. The number of carboxylic acids is 1. The normalized spacial score (nSPS) is 12.5. The molecule has 0 spiro atoms. The Morgan fingerprint density at radius 1 is 1.67 bits per heavy atom. The lowest BCUT2D eigenvalue weighted by Crippen LogP contribution is -2.07. The molecule has 64 valence electrons. The molecule has 0 radical (unpaired) electrons. The van der Waals surface area contributed by atoms with Gasteiger partial charge in [-0.05, 0) is 34.5 Å². The van der Waals surface area contributed by atoms with E-state index in [2.05, 4.69) is 20.9 Å². The summed E-state index contributed by atoms with van der Waals surface area (Å²) in [6.07, 6.45) is 3.18. The highest BCUT2D eigenvalue weighted by Gasteiger charge is 2.13. The van der Waals surface area contributed by atoms with Gasteiger partial charge < -0.3 is 5.11 Å². The van der Waals surface area contributed by atoms with Gasteiger partial charge in [-0.15, -0.1) is 0 Å². The lowest BCUT2D eigenvalue weighted by atomic mass is 10.0. The minimum atomic E-state index is -0.838. The first-order valence-electron chi connectivity index (χ1n) is 3.44. The van der Waals surface area contributed by atoms with Gasteiger partial charge in [-0.2, -0.15) is 0 Å². The van der Waals surface area contributed by atoms with E-state index in [0.717, 1.165) is 4.47 Å². The molecule has 0 aliphatic rings. The molecule has 0 amide bonds. The van der Waals surface area contributed by atoms with E-state index in [1.54, 1.807) is 25.4 Å². The molecule has 4 heteroatoms. The molecular weight excluding hydrogens is 222 g/mol. The molecular formula is C8H8BrNO2. The van der Waals surface area contributed by atoms with Crippen molar-refractivity contribution in [3.63, 3.8) is 0 Å². The zero-order valence-electron chi connectivity index (χ0n) is 6.49. The van der Waals surface area contributed by atoms with Crippen LogP contribution in [0, 0.1) is 0 Å². The van der Waals surface area contributed by atoms with Crippen molar-refractivity contribution in [2.45, 2.75) is 12.8 Å². The number of hydrogen-bond donors (Lipinski definition) is 1. The van der Waals surface area contributed by atoms with Crippen molar-refractivity contribution in [2.24, 2.45) is 0 Å². The summed E-state index contributed by atoms with van der Waals surface area (Å²) in [5.74, 6) is -1.34. The highest BCUT2D eigenvalue weighted by molar-refractivity contribution is 9.10. The van der Waals surface area contributed by atoms with Crippen molar-refractivity contribution in [1.82, 2.24) is 4.98 Å². The van der Waals surface area contributed by atoms with Crippen molar-refractivity contribution < 1.29 is 9.90 Å². The number of aliphatic carboxylic acids is 1. The second-order valence-electron chi connectivity index (χ2n) is 2.50. The maximum Gasteiger partial charge on any atom is 0.310 e. The maximum atomic E-state index is 10.6. The predicted molar refractivity (Wildman–Crippen MR) is 48.0 cm³/mol. The van der Waals surface area contributed by atoms with E-state index >= 15 is 0 Å². The van der Waals surface area contributed by atoms with Crippen molar-refractivity contribution >= 4 is 21.9 Å². The zero-order chi connectivity index (χ0) is 9.14. The van der Waals surface area contributed by atoms with Crippen molar-refractivity contribution in [2.75, 3.05) is 0 Å². The fourth-order valence-corrected chi connectivity index (χ4v) is 1.19. The fraction of sp³-hybridized carbons (Fsp3) is 0.250. The molecule has 0 aliphatic carbocycles. The van der Waals surface area contributed by atoms with Gasteiger partial charge in [0.05, 0.1) is 5.92 Å². The van der Waals surface area contributed by atoms with Crippen LogP contribution in [0.2, 0.25) is 0 Å².